The lowest BCUT2D eigenvalue weighted by Crippen LogP contribution is -2.12. The number of hydrogen-bond donors (Lipinski definition) is 1. The van der Waals surface area contributed by atoms with Gasteiger partial charge in [-0.25, -0.2) is 9.97 Å². The summed E-state index contributed by atoms with van der Waals surface area (Å²) in [6, 6.07) is 0. The Labute approximate surface area is 89.3 Å². The molecule has 1 unspecified atom stereocenters. The molecule has 0 bridgehead atoms. The van der Waals surface area contributed by atoms with Crippen LogP contribution >= 0.6 is 0 Å². The third-order valence-corrected chi connectivity index (χ3v) is 2.99. The highest BCUT2D eigenvalue weighted by Gasteiger charge is 2.26. The number of rotatable bonds is 3. The second-order valence-electron chi connectivity index (χ2n) is 3.97. The molecule has 1 fully saturated rings. The first kappa shape index (κ1) is 10.4. The van der Waals surface area contributed by atoms with Crippen molar-refractivity contribution in [1.82, 2.24) is 9.97 Å². The van der Waals surface area contributed by atoms with Crippen molar-refractivity contribution in [2.75, 3.05) is 7.11 Å². The second kappa shape index (κ2) is 4.57. The molecule has 15 heavy (non-hydrogen) atoms. The minimum atomic E-state index is -0.515. The van der Waals surface area contributed by atoms with E-state index in [1.807, 2.05) is 0 Å². The fraction of sp³-hybridized carbons (Fsp3) is 0.636. The van der Waals surface area contributed by atoms with Gasteiger partial charge in [0.25, 0.3) is 0 Å². The average Bonchev–Trinajstić information content (AvgIpc) is 2.82. The fourth-order valence-electron chi connectivity index (χ4n) is 2.07. The number of ether oxygens (including phenoxy) is 1. The third-order valence-electron chi connectivity index (χ3n) is 2.99. The molecule has 1 saturated carbocycles. The van der Waals surface area contributed by atoms with Gasteiger partial charge in [-0.05, 0) is 18.8 Å². The van der Waals surface area contributed by atoms with Crippen LogP contribution in [-0.2, 0) is 0 Å². The molecule has 0 amide bonds. The van der Waals surface area contributed by atoms with Gasteiger partial charge in [0.2, 0.25) is 0 Å². The summed E-state index contributed by atoms with van der Waals surface area (Å²) < 4.78 is 4.97. The molecule has 0 aliphatic heterocycles. The minimum Gasteiger partial charge on any atom is -0.494 e. The van der Waals surface area contributed by atoms with Gasteiger partial charge < -0.3 is 9.84 Å². The Morgan fingerprint density at radius 1 is 1.33 bits per heavy atom. The Kier molecular flexibility index (Phi) is 3.16. The lowest BCUT2D eigenvalue weighted by atomic mass is 10.0. The highest BCUT2D eigenvalue weighted by molar-refractivity contribution is 5.13. The largest absolute Gasteiger partial charge is 0.494 e. The van der Waals surface area contributed by atoms with Crippen molar-refractivity contribution >= 4 is 0 Å². The van der Waals surface area contributed by atoms with Crippen LogP contribution in [0.1, 0.15) is 37.6 Å². The smallest absolute Gasteiger partial charge is 0.157 e. The number of methoxy groups -OCH3 is 1. The van der Waals surface area contributed by atoms with Crippen molar-refractivity contribution in [3.05, 3.63) is 18.2 Å². The molecule has 1 heterocycles. The number of aliphatic hydroxyl groups excluding tert-OH is 1. The van der Waals surface area contributed by atoms with E-state index in [1.165, 1.54) is 12.8 Å². The van der Waals surface area contributed by atoms with E-state index in [2.05, 4.69) is 9.97 Å². The molecule has 1 aliphatic rings. The maximum absolute atomic E-state index is 10.0. The first-order chi connectivity index (χ1) is 7.31. The maximum atomic E-state index is 10.0. The van der Waals surface area contributed by atoms with Gasteiger partial charge in [0.15, 0.2) is 11.6 Å². The van der Waals surface area contributed by atoms with Gasteiger partial charge in [0.1, 0.15) is 6.10 Å². The van der Waals surface area contributed by atoms with Crippen molar-refractivity contribution < 1.29 is 9.84 Å². The van der Waals surface area contributed by atoms with Crippen molar-refractivity contribution in [2.45, 2.75) is 31.8 Å². The zero-order chi connectivity index (χ0) is 10.7. The van der Waals surface area contributed by atoms with Crippen molar-refractivity contribution in [3.8, 4) is 5.75 Å². The second-order valence-corrected chi connectivity index (χ2v) is 3.97. The Balaban J connectivity index is 2.07. The van der Waals surface area contributed by atoms with E-state index in [4.69, 9.17) is 4.74 Å². The van der Waals surface area contributed by atoms with Crippen molar-refractivity contribution in [2.24, 2.45) is 5.92 Å². The van der Waals surface area contributed by atoms with E-state index in [0.717, 1.165) is 12.8 Å². The summed E-state index contributed by atoms with van der Waals surface area (Å²) in [5.74, 6) is 1.47. The van der Waals surface area contributed by atoms with Crippen LogP contribution in [0.3, 0.4) is 0 Å². The Hall–Kier alpha value is -1.16. The van der Waals surface area contributed by atoms with E-state index in [-0.39, 0.29) is 0 Å². The molecule has 4 heteroatoms. The molecule has 1 aromatic heterocycles. The van der Waals surface area contributed by atoms with Gasteiger partial charge in [-0.1, -0.05) is 12.8 Å². The lowest BCUT2D eigenvalue weighted by Gasteiger charge is -2.15. The molecular formula is C11H16N2O2. The summed E-state index contributed by atoms with van der Waals surface area (Å²) in [4.78, 5) is 8.22. The molecule has 0 spiro atoms. The first-order valence-electron chi connectivity index (χ1n) is 5.35. The molecule has 1 N–H and O–H groups in total. The van der Waals surface area contributed by atoms with Crippen LogP contribution in [0.5, 0.6) is 5.75 Å². The Morgan fingerprint density at radius 2 is 1.93 bits per heavy atom. The first-order valence-corrected chi connectivity index (χ1v) is 5.35. The monoisotopic (exact) mass is 208 g/mol. The van der Waals surface area contributed by atoms with Crippen LogP contribution in [0.25, 0.3) is 0 Å². The van der Waals surface area contributed by atoms with Crippen molar-refractivity contribution in [1.29, 1.82) is 0 Å². The normalized spacial score (nSPS) is 19.1. The highest BCUT2D eigenvalue weighted by Crippen LogP contribution is 2.34. The predicted octanol–water partition coefficient (Wildman–Crippen LogP) is 1.71. The highest BCUT2D eigenvalue weighted by atomic mass is 16.5. The van der Waals surface area contributed by atoms with Gasteiger partial charge in [0, 0.05) is 0 Å². The molecule has 0 aromatic carbocycles. The van der Waals surface area contributed by atoms with Crippen LogP contribution in [0.4, 0.5) is 0 Å². The lowest BCUT2D eigenvalue weighted by molar-refractivity contribution is 0.102. The molecule has 1 aromatic rings. The minimum absolute atomic E-state index is 0.332. The molecule has 0 saturated heterocycles. The third kappa shape index (κ3) is 2.26. The molecule has 2 rings (SSSR count). The number of aromatic nitrogens is 2. The summed E-state index contributed by atoms with van der Waals surface area (Å²) >= 11 is 0. The molecule has 82 valence electrons. The fourth-order valence-corrected chi connectivity index (χ4v) is 2.07. The van der Waals surface area contributed by atoms with E-state index in [9.17, 15) is 5.11 Å². The molecular weight excluding hydrogens is 192 g/mol. The quantitative estimate of drug-likeness (QED) is 0.821. The number of hydrogen-bond acceptors (Lipinski definition) is 4. The van der Waals surface area contributed by atoms with Gasteiger partial charge in [-0.3, -0.25) is 0 Å². The zero-order valence-corrected chi connectivity index (χ0v) is 8.89. The average molecular weight is 208 g/mol. The zero-order valence-electron chi connectivity index (χ0n) is 8.89. The van der Waals surface area contributed by atoms with E-state index in [0.29, 0.717) is 17.5 Å². The van der Waals surface area contributed by atoms with Gasteiger partial charge >= 0.3 is 0 Å². The van der Waals surface area contributed by atoms with Crippen molar-refractivity contribution in [3.63, 3.8) is 0 Å². The van der Waals surface area contributed by atoms with Crippen LogP contribution in [0.2, 0.25) is 0 Å². The van der Waals surface area contributed by atoms with Crippen LogP contribution in [0.15, 0.2) is 12.4 Å². The Bertz CT molecular complexity index is 307. The van der Waals surface area contributed by atoms with E-state index >= 15 is 0 Å². The van der Waals surface area contributed by atoms with Crippen LogP contribution in [-0.4, -0.2) is 22.2 Å². The summed E-state index contributed by atoms with van der Waals surface area (Å²) in [5, 5.41) is 10.0. The van der Waals surface area contributed by atoms with E-state index in [1.54, 1.807) is 19.5 Å². The molecule has 1 aliphatic carbocycles. The van der Waals surface area contributed by atoms with Crippen LogP contribution in [0, 0.1) is 5.92 Å². The summed E-state index contributed by atoms with van der Waals surface area (Å²) in [6.45, 7) is 0. The van der Waals surface area contributed by atoms with Gasteiger partial charge in [0.05, 0.1) is 19.5 Å². The predicted molar refractivity (Wildman–Crippen MR) is 55.5 cm³/mol. The SMILES string of the molecule is COc1cnc(C(O)C2CCCC2)nc1. The molecule has 0 radical (unpaired) electrons. The summed E-state index contributed by atoms with van der Waals surface area (Å²) in [5.41, 5.74) is 0. The summed E-state index contributed by atoms with van der Waals surface area (Å²) in [6.07, 6.45) is 7.25. The molecule has 1 atom stereocenters. The Morgan fingerprint density at radius 3 is 2.47 bits per heavy atom. The number of aliphatic hydroxyl groups is 1. The van der Waals surface area contributed by atoms with Crippen LogP contribution < -0.4 is 4.74 Å². The van der Waals surface area contributed by atoms with Gasteiger partial charge in [-0.2, -0.15) is 0 Å². The maximum Gasteiger partial charge on any atom is 0.157 e. The van der Waals surface area contributed by atoms with Gasteiger partial charge in [-0.15, -0.1) is 0 Å². The van der Waals surface area contributed by atoms with E-state index < -0.39 is 6.10 Å². The summed E-state index contributed by atoms with van der Waals surface area (Å²) in [7, 11) is 1.58. The molecule has 4 nitrogen and oxygen atoms in total. The number of nitrogens with zero attached hydrogens (tertiary/aromatic N) is 2. The topological polar surface area (TPSA) is 55.2 Å². The standard InChI is InChI=1S/C11H16N2O2/c1-15-9-6-12-11(13-7-9)10(14)8-4-2-3-5-8/h6-8,10,14H,2-5H2,1H3.